The van der Waals surface area contributed by atoms with Crippen LogP contribution < -0.4 is 4.90 Å². The Balaban J connectivity index is 2.00. The third-order valence-corrected chi connectivity index (χ3v) is 3.85. The Morgan fingerprint density at radius 1 is 1.29 bits per heavy atom. The van der Waals surface area contributed by atoms with Gasteiger partial charge in [0.2, 0.25) is 0 Å². The molecule has 4 heteroatoms. The number of aromatic nitrogens is 2. The Bertz CT molecular complexity index is 355. The first-order valence-electron chi connectivity index (χ1n) is 6.37. The average molecular weight is 298 g/mol. The molecule has 17 heavy (non-hydrogen) atoms. The molecule has 1 aromatic rings. The van der Waals surface area contributed by atoms with Crippen molar-refractivity contribution in [2.75, 3.05) is 18.5 Å². The Hall–Kier alpha value is -0.640. The van der Waals surface area contributed by atoms with E-state index < -0.39 is 0 Å². The maximum absolute atomic E-state index is 4.48. The lowest BCUT2D eigenvalue weighted by Crippen LogP contribution is -2.27. The first-order valence-corrected chi connectivity index (χ1v) is 7.17. The van der Waals surface area contributed by atoms with E-state index in [4.69, 9.17) is 0 Å². The van der Waals surface area contributed by atoms with Gasteiger partial charge in [-0.25, -0.2) is 9.97 Å². The second kappa shape index (κ2) is 5.80. The zero-order valence-electron chi connectivity index (χ0n) is 10.6. The van der Waals surface area contributed by atoms with Gasteiger partial charge in [-0.05, 0) is 41.6 Å². The first-order chi connectivity index (χ1) is 8.15. The van der Waals surface area contributed by atoms with E-state index >= 15 is 0 Å². The van der Waals surface area contributed by atoms with E-state index in [-0.39, 0.29) is 0 Å². The van der Waals surface area contributed by atoms with Crippen molar-refractivity contribution in [1.29, 1.82) is 0 Å². The van der Waals surface area contributed by atoms with E-state index in [1.807, 2.05) is 13.0 Å². The van der Waals surface area contributed by atoms with Crippen LogP contribution in [-0.2, 0) is 0 Å². The number of anilines is 1. The highest BCUT2D eigenvalue weighted by molar-refractivity contribution is 9.10. The van der Waals surface area contributed by atoms with Crippen LogP contribution in [0.1, 0.15) is 37.9 Å². The molecule has 0 aromatic carbocycles. The SMILES string of the molecule is Cc1nc(Br)cc(N(C)CC2CCCCC2)n1. The predicted octanol–water partition coefficient (Wildman–Crippen LogP) is 3.56. The zero-order chi connectivity index (χ0) is 12.3. The molecule has 0 amide bonds. The lowest BCUT2D eigenvalue weighted by Gasteiger charge is -2.27. The molecule has 2 rings (SSSR count). The summed E-state index contributed by atoms with van der Waals surface area (Å²) in [5.74, 6) is 2.68. The van der Waals surface area contributed by atoms with Gasteiger partial charge in [0.1, 0.15) is 16.2 Å². The molecule has 0 radical (unpaired) electrons. The number of rotatable bonds is 3. The van der Waals surface area contributed by atoms with Gasteiger partial charge >= 0.3 is 0 Å². The van der Waals surface area contributed by atoms with Gasteiger partial charge in [-0.1, -0.05) is 19.3 Å². The topological polar surface area (TPSA) is 29.0 Å². The van der Waals surface area contributed by atoms with Crippen molar-refractivity contribution in [1.82, 2.24) is 9.97 Å². The van der Waals surface area contributed by atoms with Gasteiger partial charge in [0, 0.05) is 19.7 Å². The second-order valence-corrected chi connectivity index (χ2v) is 5.79. The summed E-state index contributed by atoms with van der Waals surface area (Å²) < 4.78 is 0.871. The van der Waals surface area contributed by atoms with Gasteiger partial charge in [0.05, 0.1) is 0 Å². The van der Waals surface area contributed by atoms with Crippen molar-refractivity contribution in [3.05, 3.63) is 16.5 Å². The molecular weight excluding hydrogens is 278 g/mol. The highest BCUT2D eigenvalue weighted by atomic mass is 79.9. The summed E-state index contributed by atoms with van der Waals surface area (Å²) in [6.45, 7) is 3.05. The maximum Gasteiger partial charge on any atom is 0.133 e. The van der Waals surface area contributed by atoms with Crippen molar-refractivity contribution in [3.63, 3.8) is 0 Å². The van der Waals surface area contributed by atoms with Crippen LogP contribution in [-0.4, -0.2) is 23.6 Å². The highest BCUT2D eigenvalue weighted by Crippen LogP contribution is 2.25. The molecule has 0 N–H and O–H groups in total. The molecule has 0 unspecified atom stereocenters. The van der Waals surface area contributed by atoms with Crippen molar-refractivity contribution < 1.29 is 0 Å². The minimum absolute atomic E-state index is 0.824. The molecule has 1 heterocycles. The van der Waals surface area contributed by atoms with Crippen LogP contribution in [0.25, 0.3) is 0 Å². The lowest BCUT2D eigenvalue weighted by molar-refractivity contribution is 0.361. The fourth-order valence-electron chi connectivity index (χ4n) is 2.56. The van der Waals surface area contributed by atoms with Gasteiger partial charge in [0.15, 0.2) is 0 Å². The Morgan fingerprint density at radius 3 is 2.65 bits per heavy atom. The summed E-state index contributed by atoms with van der Waals surface area (Å²) >= 11 is 3.43. The van der Waals surface area contributed by atoms with Crippen LogP contribution in [0.4, 0.5) is 5.82 Å². The molecule has 0 saturated heterocycles. The highest BCUT2D eigenvalue weighted by Gasteiger charge is 2.16. The maximum atomic E-state index is 4.48. The molecule has 0 bridgehead atoms. The molecule has 94 valence electrons. The molecule has 0 aliphatic heterocycles. The standard InChI is InChI=1S/C13H20BrN3/c1-10-15-12(14)8-13(16-10)17(2)9-11-6-4-3-5-7-11/h8,11H,3-7,9H2,1-2H3. The Labute approximate surface area is 112 Å². The number of halogens is 1. The lowest BCUT2D eigenvalue weighted by atomic mass is 9.89. The number of hydrogen-bond acceptors (Lipinski definition) is 3. The van der Waals surface area contributed by atoms with E-state index in [0.29, 0.717) is 0 Å². The molecule has 1 saturated carbocycles. The van der Waals surface area contributed by atoms with Crippen LogP contribution in [0.2, 0.25) is 0 Å². The van der Waals surface area contributed by atoms with Gasteiger partial charge in [-0.2, -0.15) is 0 Å². The predicted molar refractivity (Wildman–Crippen MR) is 74.3 cm³/mol. The van der Waals surface area contributed by atoms with Crippen molar-refractivity contribution in [2.24, 2.45) is 5.92 Å². The fourth-order valence-corrected chi connectivity index (χ4v) is 3.02. The summed E-state index contributed by atoms with van der Waals surface area (Å²) in [4.78, 5) is 11.0. The largest absolute Gasteiger partial charge is 0.359 e. The fraction of sp³-hybridized carbons (Fsp3) is 0.692. The van der Waals surface area contributed by atoms with Gasteiger partial charge < -0.3 is 4.90 Å². The Kier molecular flexibility index (Phi) is 4.37. The van der Waals surface area contributed by atoms with E-state index in [1.54, 1.807) is 0 Å². The van der Waals surface area contributed by atoms with E-state index in [1.165, 1.54) is 32.1 Å². The molecule has 3 nitrogen and oxygen atoms in total. The van der Waals surface area contributed by atoms with E-state index in [2.05, 4.69) is 37.8 Å². The molecule has 0 spiro atoms. The number of nitrogens with zero attached hydrogens (tertiary/aromatic N) is 3. The molecule has 1 aliphatic carbocycles. The number of hydrogen-bond donors (Lipinski definition) is 0. The van der Waals surface area contributed by atoms with Gasteiger partial charge in [-0.3, -0.25) is 0 Å². The third kappa shape index (κ3) is 3.66. The van der Waals surface area contributed by atoms with Gasteiger partial charge in [0.25, 0.3) is 0 Å². The minimum Gasteiger partial charge on any atom is -0.359 e. The summed E-state index contributed by atoms with van der Waals surface area (Å²) in [5, 5.41) is 0. The van der Waals surface area contributed by atoms with Gasteiger partial charge in [-0.15, -0.1) is 0 Å². The summed E-state index contributed by atoms with van der Waals surface area (Å²) in [5.41, 5.74) is 0. The molecular formula is C13H20BrN3. The Morgan fingerprint density at radius 2 is 2.00 bits per heavy atom. The van der Waals surface area contributed by atoms with Crippen LogP contribution >= 0.6 is 15.9 Å². The van der Waals surface area contributed by atoms with E-state index in [9.17, 15) is 0 Å². The molecule has 0 atom stereocenters. The van der Waals surface area contributed by atoms with Crippen molar-refractivity contribution in [3.8, 4) is 0 Å². The van der Waals surface area contributed by atoms with Crippen LogP contribution in [0.3, 0.4) is 0 Å². The van der Waals surface area contributed by atoms with Crippen LogP contribution in [0.15, 0.2) is 10.7 Å². The van der Waals surface area contributed by atoms with Crippen LogP contribution in [0.5, 0.6) is 0 Å². The third-order valence-electron chi connectivity index (χ3n) is 3.44. The molecule has 1 aromatic heterocycles. The zero-order valence-corrected chi connectivity index (χ0v) is 12.2. The minimum atomic E-state index is 0.824. The average Bonchev–Trinajstić information content (AvgIpc) is 2.29. The summed E-state index contributed by atoms with van der Waals surface area (Å²) in [6, 6.07) is 2.00. The normalized spacial score (nSPS) is 17.1. The molecule has 1 fully saturated rings. The summed E-state index contributed by atoms with van der Waals surface area (Å²) in [7, 11) is 2.13. The quantitative estimate of drug-likeness (QED) is 0.799. The molecule has 1 aliphatic rings. The number of aryl methyl sites for hydroxylation is 1. The summed E-state index contributed by atoms with van der Waals surface area (Å²) in [6.07, 6.45) is 6.94. The monoisotopic (exact) mass is 297 g/mol. The van der Waals surface area contributed by atoms with Crippen molar-refractivity contribution in [2.45, 2.75) is 39.0 Å². The van der Waals surface area contributed by atoms with Crippen LogP contribution in [0, 0.1) is 12.8 Å². The van der Waals surface area contributed by atoms with Crippen molar-refractivity contribution >= 4 is 21.7 Å². The van der Waals surface area contributed by atoms with E-state index in [0.717, 1.165) is 28.7 Å². The smallest absolute Gasteiger partial charge is 0.133 e. The first kappa shape index (κ1) is 12.8. The second-order valence-electron chi connectivity index (χ2n) is 4.98.